The van der Waals surface area contributed by atoms with Crippen molar-refractivity contribution in [2.45, 2.75) is 44.8 Å². The lowest BCUT2D eigenvalue weighted by atomic mass is 10.0. The fourth-order valence-electron chi connectivity index (χ4n) is 2.72. The molecule has 2 rings (SSSR count). The molecule has 0 saturated carbocycles. The van der Waals surface area contributed by atoms with Crippen LogP contribution in [0.4, 0.5) is 23.7 Å². The van der Waals surface area contributed by atoms with Crippen molar-refractivity contribution in [3.8, 4) is 0 Å². The second-order valence-electron chi connectivity index (χ2n) is 5.22. The average Bonchev–Trinajstić information content (AvgIpc) is 2.46. The quantitative estimate of drug-likeness (QED) is 0.856. The van der Waals surface area contributed by atoms with Gasteiger partial charge in [-0.3, -0.25) is 0 Å². The van der Waals surface area contributed by atoms with E-state index in [1.807, 2.05) is 6.92 Å². The second-order valence-corrected chi connectivity index (χ2v) is 5.22. The lowest BCUT2D eigenvalue weighted by Gasteiger charge is -2.35. The summed E-state index contributed by atoms with van der Waals surface area (Å²) in [4.78, 5) is 13.9. The van der Waals surface area contributed by atoms with Crippen molar-refractivity contribution in [1.29, 1.82) is 0 Å². The summed E-state index contributed by atoms with van der Waals surface area (Å²) >= 11 is 0. The Bertz CT molecular complexity index is 502. The zero-order valence-corrected chi connectivity index (χ0v) is 11.9. The van der Waals surface area contributed by atoms with Crippen LogP contribution >= 0.6 is 0 Å². The molecule has 116 valence electrons. The van der Waals surface area contributed by atoms with E-state index in [0.29, 0.717) is 6.54 Å². The van der Waals surface area contributed by atoms with Crippen molar-refractivity contribution in [3.05, 3.63) is 29.8 Å². The number of anilines is 1. The summed E-state index contributed by atoms with van der Waals surface area (Å²) in [7, 11) is 0. The monoisotopic (exact) mass is 300 g/mol. The molecule has 6 heteroatoms. The van der Waals surface area contributed by atoms with E-state index in [9.17, 15) is 18.0 Å². The molecule has 1 saturated heterocycles. The van der Waals surface area contributed by atoms with Gasteiger partial charge in [0.1, 0.15) is 0 Å². The first kappa shape index (κ1) is 15.7. The smallest absolute Gasteiger partial charge is 0.322 e. The molecular formula is C15H19F3N2O. The average molecular weight is 300 g/mol. The van der Waals surface area contributed by atoms with Gasteiger partial charge in [0.25, 0.3) is 0 Å². The number of hydrogen-bond acceptors (Lipinski definition) is 1. The normalized spacial score (nSPS) is 19.4. The van der Waals surface area contributed by atoms with Crippen LogP contribution in [0.1, 0.15) is 38.2 Å². The Hall–Kier alpha value is -1.72. The Balaban J connectivity index is 2.16. The Morgan fingerprint density at radius 3 is 2.71 bits per heavy atom. The van der Waals surface area contributed by atoms with Crippen LogP contribution in [-0.4, -0.2) is 23.5 Å². The van der Waals surface area contributed by atoms with Gasteiger partial charge in [0.05, 0.1) is 11.3 Å². The van der Waals surface area contributed by atoms with Gasteiger partial charge in [-0.15, -0.1) is 0 Å². The maximum Gasteiger partial charge on any atom is 0.418 e. The summed E-state index contributed by atoms with van der Waals surface area (Å²) in [6.07, 6.45) is -0.804. The molecule has 1 fully saturated rings. The SMILES string of the molecule is CCC1CCCCN1C(=O)Nc1ccccc1C(F)(F)F. The molecule has 0 spiro atoms. The predicted molar refractivity (Wildman–Crippen MR) is 75.1 cm³/mol. The van der Waals surface area contributed by atoms with Gasteiger partial charge in [0.15, 0.2) is 0 Å². The number of carbonyl (C=O) groups excluding carboxylic acids is 1. The fourth-order valence-corrected chi connectivity index (χ4v) is 2.72. The standard InChI is InChI=1S/C15H19F3N2O/c1-2-11-7-5-6-10-20(11)14(21)19-13-9-4-3-8-12(13)15(16,17)18/h3-4,8-9,11H,2,5-7,10H2,1H3,(H,19,21). The molecule has 3 nitrogen and oxygen atoms in total. The van der Waals surface area contributed by atoms with Gasteiger partial charge >= 0.3 is 12.2 Å². The molecule has 0 aliphatic carbocycles. The molecule has 1 aromatic rings. The number of halogens is 3. The van der Waals surface area contributed by atoms with Gasteiger partial charge in [-0.1, -0.05) is 19.1 Å². The van der Waals surface area contributed by atoms with Crippen LogP contribution in [0.2, 0.25) is 0 Å². The molecule has 1 aliphatic heterocycles. The van der Waals surface area contributed by atoms with Gasteiger partial charge in [-0.05, 0) is 37.8 Å². The second kappa shape index (κ2) is 6.37. The van der Waals surface area contributed by atoms with Crippen LogP contribution in [0.15, 0.2) is 24.3 Å². The third-order valence-electron chi connectivity index (χ3n) is 3.83. The Morgan fingerprint density at radius 1 is 1.33 bits per heavy atom. The molecule has 0 bridgehead atoms. The number of rotatable bonds is 2. The zero-order chi connectivity index (χ0) is 15.5. The van der Waals surface area contributed by atoms with Gasteiger partial charge in [0.2, 0.25) is 0 Å². The van der Waals surface area contributed by atoms with Crippen LogP contribution in [0.3, 0.4) is 0 Å². The van der Waals surface area contributed by atoms with E-state index in [-0.39, 0.29) is 11.7 Å². The van der Waals surface area contributed by atoms with Crippen LogP contribution in [0.5, 0.6) is 0 Å². The first-order valence-corrected chi connectivity index (χ1v) is 7.17. The lowest BCUT2D eigenvalue weighted by Crippen LogP contribution is -2.45. The van der Waals surface area contributed by atoms with Crippen molar-refractivity contribution >= 4 is 11.7 Å². The molecule has 1 unspecified atom stereocenters. The molecule has 21 heavy (non-hydrogen) atoms. The number of piperidine rings is 1. The number of alkyl halides is 3. The van der Waals surface area contributed by atoms with E-state index in [1.54, 1.807) is 4.90 Å². The number of nitrogens with one attached hydrogen (secondary N) is 1. The number of para-hydroxylation sites is 1. The molecule has 1 atom stereocenters. The van der Waals surface area contributed by atoms with Crippen molar-refractivity contribution in [1.82, 2.24) is 4.90 Å². The number of benzene rings is 1. The summed E-state index contributed by atoms with van der Waals surface area (Å²) in [6.45, 7) is 2.58. The highest BCUT2D eigenvalue weighted by Crippen LogP contribution is 2.34. The minimum Gasteiger partial charge on any atom is -0.322 e. The van der Waals surface area contributed by atoms with Crippen LogP contribution in [-0.2, 0) is 6.18 Å². The first-order chi connectivity index (χ1) is 9.93. The van der Waals surface area contributed by atoms with E-state index < -0.39 is 17.8 Å². The van der Waals surface area contributed by atoms with Crippen molar-refractivity contribution < 1.29 is 18.0 Å². The number of nitrogens with zero attached hydrogens (tertiary/aromatic N) is 1. The van der Waals surface area contributed by atoms with E-state index >= 15 is 0 Å². The first-order valence-electron chi connectivity index (χ1n) is 7.17. The highest BCUT2D eigenvalue weighted by Gasteiger charge is 2.34. The van der Waals surface area contributed by atoms with Gasteiger partial charge in [0, 0.05) is 12.6 Å². The Kier molecular flexibility index (Phi) is 4.75. The highest BCUT2D eigenvalue weighted by atomic mass is 19.4. The molecule has 1 aromatic carbocycles. The maximum atomic E-state index is 12.9. The molecular weight excluding hydrogens is 281 g/mol. The topological polar surface area (TPSA) is 32.3 Å². The van der Waals surface area contributed by atoms with Crippen molar-refractivity contribution in [2.75, 3.05) is 11.9 Å². The molecule has 0 aromatic heterocycles. The number of hydrogen-bond donors (Lipinski definition) is 1. The predicted octanol–water partition coefficient (Wildman–Crippen LogP) is 4.50. The van der Waals surface area contributed by atoms with E-state index in [2.05, 4.69) is 5.32 Å². The number of amides is 2. The molecule has 0 radical (unpaired) electrons. The van der Waals surface area contributed by atoms with Crippen molar-refractivity contribution in [2.24, 2.45) is 0 Å². The fraction of sp³-hybridized carbons (Fsp3) is 0.533. The zero-order valence-electron chi connectivity index (χ0n) is 11.9. The lowest BCUT2D eigenvalue weighted by molar-refractivity contribution is -0.136. The molecule has 1 heterocycles. The molecule has 1 N–H and O–H groups in total. The van der Waals surface area contributed by atoms with Crippen LogP contribution in [0.25, 0.3) is 0 Å². The van der Waals surface area contributed by atoms with E-state index in [0.717, 1.165) is 31.7 Å². The summed E-state index contributed by atoms with van der Waals surface area (Å²) in [5, 5.41) is 2.42. The Morgan fingerprint density at radius 2 is 2.05 bits per heavy atom. The summed E-state index contributed by atoms with van der Waals surface area (Å²) in [5.41, 5.74) is -1.00. The third kappa shape index (κ3) is 3.68. The van der Waals surface area contributed by atoms with Gasteiger partial charge in [-0.2, -0.15) is 13.2 Å². The Labute approximate surface area is 122 Å². The van der Waals surface area contributed by atoms with E-state index in [1.165, 1.54) is 18.2 Å². The largest absolute Gasteiger partial charge is 0.418 e. The molecule has 1 aliphatic rings. The number of urea groups is 1. The minimum atomic E-state index is -4.48. The van der Waals surface area contributed by atoms with E-state index in [4.69, 9.17) is 0 Å². The molecule has 2 amide bonds. The maximum absolute atomic E-state index is 12.9. The van der Waals surface area contributed by atoms with Crippen molar-refractivity contribution in [3.63, 3.8) is 0 Å². The summed E-state index contributed by atoms with van der Waals surface area (Å²) in [6, 6.07) is 4.72. The number of likely N-dealkylation sites (tertiary alicyclic amines) is 1. The van der Waals surface area contributed by atoms with Gasteiger partial charge < -0.3 is 10.2 Å². The van der Waals surface area contributed by atoms with Crippen LogP contribution < -0.4 is 5.32 Å². The summed E-state index contributed by atoms with van der Waals surface area (Å²) in [5.74, 6) is 0. The summed E-state index contributed by atoms with van der Waals surface area (Å²) < 4.78 is 38.8. The van der Waals surface area contributed by atoms with Gasteiger partial charge in [-0.25, -0.2) is 4.79 Å². The minimum absolute atomic E-state index is 0.108. The van der Waals surface area contributed by atoms with Crippen LogP contribution in [0, 0.1) is 0 Å². The highest BCUT2D eigenvalue weighted by molar-refractivity contribution is 5.90. The number of carbonyl (C=O) groups is 1. The third-order valence-corrected chi connectivity index (χ3v) is 3.83.